The van der Waals surface area contributed by atoms with E-state index in [2.05, 4.69) is 4.72 Å². The molecule has 2 aromatic rings. The lowest BCUT2D eigenvalue weighted by atomic mass is 9.83. The average molecular weight is 496 g/mol. The molecule has 0 amide bonds. The number of carbonyl (C=O) groups excluding carboxylic acids is 1. The third kappa shape index (κ3) is 5.49. The molecule has 0 saturated carbocycles. The van der Waals surface area contributed by atoms with E-state index in [9.17, 15) is 18.5 Å². The first-order valence-electron chi connectivity index (χ1n) is 11.1. The lowest BCUT2D eigenvalue weighted by Gasteiger charge is -2.27. The van der Waals surface area contributed by atoms with Crippen molar-refractivity contribution in [3.63, 3.8) is 0 Å². The molecular formula is C26H29N3O5S. The number of hydrogen-bond acceptors (Lipinski definition) is 7. The van der Waals surface area contributed by atoms with Gasteiger partial charge in [0, 0.05) is 5.69 Å². The van der Waals surface area contributed by atoms with Crippen molar-refractivity contribution in [2.45, 2.75) is 50.8 Å². The highest BCUT2D eigenvalue weighted by Gasteiger charge is 2.36. The van der Waals surface area contributed by atoms with Crippen molar-refractivity contribution in [2.75, 3.05) is 11.3 Å². The Morgan fingerprint density at radius 2 is 1.86 bits per heavy atom. The molecule has 8 nitrogen and oxygen atoms in total. The van der Waals surface area contributed by atoms with Crippen LogP contribution in [0.15, 0.2) is 76.2 Å². The Labute approximate surface area is 206 Å². The summed E-state index contributed by atoms with van der Waals surface area (Å²) >= 11 is 0. The summed E-state index contributed by atoms with van der Waals surface area (Å²) in [4.78, 5) is 12.8. The van der Waals surface area contributed by atoms with Crippen molar-refractivity contribution in [3.8, 4) is 6.07 Å². The molecule has 0 radical (unpaired) electrons. The zero-order chi connectivity index (χ0) is 26.0. The van der Waals surface area contributed by atoms with Gasteiger partial charge in [0.25, 0.3) is 10.0 Å². The van der Waals surface area contributed by atoms with Crippen LogP contribution in [-0.2, 0) is 29.7 Å². The number of nitrogens with zero attached hydrogens (tertiary/aromatic N) is 1. The van der Waals surface area contributed by atoms with Crippen molar-refractivity contribution in [1.29, 1.82) is 5.26 Å². The Balaban J connectivity index is 2.00. The zero-order valence-electron chi connectivity index (χ0n) is 20.4. The van der Waals surface area contributed by atoms with E-state index in [0.717, 1.165) is 5.56 Å². The van der Waals surface area contributed by atoms with Gasteiger partial charge < -0.3 is 15.2 Å². The number of benzene rings is 2. The van der Waals surface area contributed by atoms with Gasteiger partial charge in [0.2, 0.25) is 5.88 Å². The minimum atomic E-state index is -3.88. The maximum absolute atomic E-state index is 13.0. The highest BCUT2D eigenvalue weighted by molar-refractivity contribution is 7.92. The molecule has 35 heavy (non-hydrogen) atoms. The molecule has 1 aliphatic heterocycles. The summed E-state index contributed by atoms with van der Waals surface area (Å²) < 4.78 is 39.2. The molecule has 1 unspecified atom stereocenters. The molecule has 9 heteroatoms. The molecule has 1 aliphatic rings. The summed E-state index contributed by atoms with van der Waals surface area (Å²) in [6, 6.07) is 15.2. The molecule has 2 aromatic carbocycles. The maximum atomic E-state index is 13.0. The summed E-state index contributed by atoms with van der Waals surface area (Å²) in [5, 5.41) is 9.74. The van der Waals surface area contributed by atoms with Crippen LogP contribution in [0.1, 0.15) is 51.7 Å². The highest BCUT2D eigenvalue weighted by atomic mass is 32.2. The van der Waals surface area contributed by atoms with E-state index in [1.54, 1.807) is 62.4 Å². The average Bonchev–Trinajstić information content (AvgIpc) is 2.78. The number of esters is 1. The van der Waals surface area contributed by atoms with Gasteiger partial charge in [-0.1, -0.05) is 45.0 Å². The molecule has 0 aliphatic carbocycles. The van der Waals surface area contributed by atoms with Crippen LogP contribution in [0.3, 0.4) is 0 Å². The summed E-state index contributed by atoms with van der Waals surface area (Å²) in [7, 11) is -3.88. The van der Waals surface area contributed by atoms with Crippen LogP contribution in [0.25, 0.3) is 0 Å². The van der Waals surface area contributed by atoms with Crippen LogP contribution in [0, 0.1) is 11.3 Å². The third-order valence-electron chi connectivity index (χ3n) is 5.60. The minimum absolute atomic E-state index is 0.0384. The van der Waals surface area contributed by atoms with Crippen molar-refractivity contribution in [1.82, 2.24) is 0 Å². The first-order valence-corrected chi connectivity index (χ1v) is 12.6. The lowest BCUT2D eigenvalue weighted by molar-refractivity contribution is -0.139. The first-order chi connectivity index (χ1) is 16.4. The number of carbonyl (C=O) groups is 1. The Hall–Kier alpha value is -3.77. The predicted molar refractivity (Wildman–Crippen MR) is 132 cm³/mol. The number of nitrogens with two attached hydrogens (primary N) is 1. The van der Waals surface area contributed by atoms with Crippen LogP contribution in [0.4, 0.5) is 5.69 Å². The lowest BCUT2D eigenvalue weighted by Crippen LogP contribution is -2.25. The topological polar surface area (TPSA) is 132 Å². The molecule has 0 bridgehead atoms. The quantitative estimate of drug-likeness (QED) is 0.567. The smallest absolute Gasteiger partial charge is 0.338 e. The standard InChI is InChI=1S/C26H29N3O5S/c1-6-33-25(30)22-16(2)34-24(28)21(15-27)23(22)17-8-7-9-19(14-17)29-35(31,32)20-12-10-18(11-13-20)26(3,4)5/h7-14,23,29H,6,28H2,1-5H3. The Morgan fingerprint density at radius 1 is 1.20 bits per heavy atom. The first kappa shape index (κ1) is 25.8. The number of allylic oxidation sites excluding steroid dienone is 2. The van der Waals surface area contributed by atoms with Crippen molar-refractivity contribution in [3.05, 3.63) is 82.4 Å². The molecule has 0 spiro atoms. The van der Waals surface area contributed by atoms with Gasteiger partial charge in [0.15, 0.2) is 0 Å². The molecule has 1 atom stereocenters. The summed E-state index contributed by atoms with van der Waals surface area (Å²) in [6.45, 7) is 9.52. The summed E-state index contributed by atoms with van der Waals surface area (Å²) in [5.74, 6) is -1.41. The normalized spacial score (nSPS) is 16.4. The number of nitrogens with one attached hydrogen (secondary N) is 1. The fraction of sp³-hybridized carbons (Fsp3) is 0.308. The molecule has 3 rings (SSSR count). The van der Waals surface area contributed by atoms with E-state index in [1.807, 2.05) is 26.8 Å². The van der Waals surface area contributed by atoms with Gasteiger partial charge in [-0.25, -0.2) is 13.2 Å². The van der Waals surface area contributed by atoms with Crippen molar-refractivity contribution < 1.29 is 22.7 Å². The second-order valence-electron chi connectivity index (χ2n) is 9.12. The number of rotatable bonds is 6. The largest absolute Gasteiger partial charge is 0.463 e. The fourth-order valence-corrected chi connectivity index (χ4v) is 4.87. The van der Waals surface area contributed by atoms with Crippen LogP contribution in [0.2, 0.25) is 0 Å². The Morgan fingerprint density at radius 3 is 2.43 bits per heavy atom. The molecule has 0 aromatic heterocycles. The van der Waals surface area contributed by atoms with Gasteiger partial charge >= 0.3 is 5.97 Å². The van der Waals surface area contributed by atoms with Crippen LogP contribution in [0.5, 0.6) is 0 Å². The van der Waals surface area contributed by atoms with E-state index in [-0.39, 0.29) is 45.4 Å². The minimum Gasteiger partial charge on any atom is -0.463 e. The van der Waals surface area contributed by atoms with Crippen LogP contribution < -0.4 is 10.5 Å². The van der Waals surface area contributed by atoms with E-state index in [1.165, 1.54) is 0 Å². The number of hydrogen-bond donors (Lipinski definition) is 2. The van der Waals surface area contributed by atoms with E-state index >= 15 is 0 Å². The van der Waals surface area contributed by atoms with Gasteiger partial charge in [-0.15, -0.1) is 0 Å². The fourth-order valence-electron chi connectivity index (χ4n) is 3.82. The number of sulfonamides is 1. The monoisotopic (exact) mass is 495 g/mol. The third-order valence-corrected chi connectivity index (χ3v) is 7.00. The van der Waals surface area contributed by atoms with Gasteiger partial charge in [0.05, 0.1) is 23.0 Å². The summed E-state index contributed by atoms with van der Waals surface area (Å²) in [5.41, 5.74) is 7.77. The van der Waals surface area contributed by atoms with E-state index in [4.69, 9.17) is 15.2 Å². The molecule has 0 saturated heterocycles. The van der Waals surface area contributed by atoms with Gasteiger partial charge in [-0.2, -0.15) is 5.26 Å². The number of ether oxygens (including phenoxy) is 2. The SMILES string of the molecule is CCOC(=O)C1=C(C)OC(N)=C(C#N)C1c1cccc(NS(=O)(=O)c2ccc(C(C)(C)C)cc2)c1. The molecule has 3 N–H and O–H groups in total. The maximum Gasteiger partial charge on any atom is 0.338 e. The second kappa shape index (κ2) is 9.84. The number of anilines is 1. The summed E-state index contributed by atoms with van der Waals surface area (Å²) in [6.07, 6.45) is 0. The van der Waals surface area contributed by atoms with E-state index < -0.39 is 21.9 Å². The number of nitriles is 1. The Kier molecular flexibility index (Phi) is 7.27. The molecular weight excluding hydrogens is 466 g/mol. The van der Waals surface area contributed by atoms with E-state index in [0.29, 0.717) is 5.56 Å². The van der Waals surface area contributed by atoms with Gasteiger partial charge in [-0.05, 0) is 54.7 Å². The van der Waals surface area contributed by atoms with Gasteiger partial charge in [-0.3, -0.25) is 4.72 Å². The van der Waals surface area contributed by atoms with Crippen LogP contribution >= 0.6 is 0 Å². The van der Waals surface area contributed by atoms with Gasteiger partial charge in [0.1, 0.15) is 17.4 Å². The molecule has 0 fully saturated rings. The molecule has 184 valence electrons. The predicted octanol–water partition coefficient (Wildman–Crippen LogP) is 4.43. The highest BCUT2D eigenvalue weighted by Crippen LogP contribution is 2.40. The van der Waals surface area contributed by atoms with Crippen LogP contribution in [-0.4, -0.2) is 21.0 Å². The van der Waals surface area contributed by atoms with Crippen molar-refractivity contribution in [2.24, 2.45) is 5.73 Å². The Bertz CT molecular complexity index is 1340. The van der Waals surface area contributed by atoms with Crippen molar-refractivity contribution >= 4 is 21.7 Å². The molecule has 1 heterocycles. The second-order valence-corrected chi connectivity index (χ2v) is 10.8. The zero-order valence-corrected chi connectivity index (χ0v) is 21.2.